The Kier molecular flexibility index (Phi) is 5.52. The highest BCUT2D eigenvalue weighted by Crippen LogP contribution is 2.23. The van der Waals surface area contributed by atoms with Crippen molar-refractivity contribution in [3.63, 3.8) is 0 Å². The zero-order valence-electron chi connectivity index (χ0n) is 16.8. The molecular formula is C23H22FN5O. The molecule has 0 bridgehead atoms. The van der Waals surface area contributed by atoms with Crippen LogP contribution in [0.2, 0.25) is 0 Å². The summed E-state index contributed by atoms with van der Waals surface area (Å²) in [6.45, 7) is 3.75. The first-order chi connectivity index (χ1) is 14.5. The van der Waals surface area contributed by atoms with Gasteiger partial charge >= 0.3 is 0 Å². The molecule has 1 amide bonds. The number of aryl methyl sites for hydroxylation is 2. The van der Waals surface area contributed by atoms with Crippen LogP contribution >= 0.6 is 0 Å². The second kappa shape index (κ2) is 8.41. The van der Waals surface area contributed by atoms with Crippen LogP contribution in [0, 0.1) is 19.7 Å². The third kappa shape index (κ3) is 4.68. The molecular weight excluding hydrogens is 381 g/mol. The highest BCUT2D eigenvalue weighted by molar-refractivity contribution is 6.09. The molecule has 0 saturated carbocycles. The van der Waals surface area contributed by atoms with E-state index in [1.807, 2.05) is 32.0 Å². The van der Waals surface area contributed by atoms with Gasteiger partial charge in [-0.1, -0.05) is 24.3 Å². The number of anilines is 1. The lowest BCUT2D eigenvalue weighted by molar-refractivity contribution is 0.0977. The molecule has 4 rings (SSSR count). The number of aromatic nitrogens is 2. The molecule has 30 heavy (non-hydrogen) atoms. The number of hydrogen-bond acceptors (Lipinski definition) is 4. The zero-order chi connectivity index (χ0) is 21.1. The topological polar surface area (TPSA) is 79.3 Å². The molecule has 0 atom stereocenters. The van der Waals surface area contributed by atoms with Crippen molar-refractivity contribution < 1.29 is 9.18 Å². The van der Waals surface area contributed by atoms with E-state index < -0.39 is 5.82 Å². The molecule has 1 aromatic heterocycles. The summed E-state index contributed by atoms with van der Waals surface area (Å²) in [5, 5.41) is 5.84. The predicted molar refractivity (Wildman–Crippen MR) is 114 cm³/mol. The number of carbonyl (C=O) groups excluding carboxylic acids is 1. The first-order valence-electron chi connectivity index (χ1n) is 9.77. The van der Waals surface area contributed by atoms with Gasteiger partial charge in [-0.15, -0.1) is 0 Å². The van der Waals surface area contributed by atoms with Crippen LogP contribution in [-0.4, -0.2) is 27.9 Å². The Bertz CT molecular complexity index is 1070. The van der Waals surface area contributed by atoms with E-state index in [9.17, 15) is 9.18 Å². The number of rotatable bonds is 3. The normalized spacial score (nSPS) is 13.8. The fraction of sp³-hybridized carbons (Fsp3) is 0.217. The molecule has 152 valence electrons. The summed E-state index contributed by atoms with van der Waals surface area (Å²) in [5.41, 5.74) is 4.48. The minimum atomic E-state index is -0.397. The fourth-order valence-corrected chi connectivity index (χ4v) is 3.57. The van der Waals surface area contributed by atoms with E-state index >= 15 is 0 Å². The number of guanidine groups is 1. The Hall–Kier alpha value is -3.61. The summed E-state index contributed by atoms with van der Waals surface area (Å²) in [6, 6.07) is 15.5. The molecule has 1 aliphatic rings. The Morgan fingerprint density at radius 2 is 1.60 bits per heavy atom. The Morgan fingerprint density at radius 1 is 1.00 bits per heavy atom. The second-order valence-corrected chi connectivity index (χ2v) is 7.37. The van der Waals surface area contributed by atoms with Crippen LogP contribution in [0.4, 0.5) is 10.3 Å². The number of amides is 1. The number of aliphatic imine (C=N–C) groups is 1. The largest absolute Gasteiger partial charge is 0.294 e. The van der Waals surface area contributed by atoms with Gasteiger partial charge in [0.25, 0.3) is 5.91 Å². The zero-order valence-corrected chi connectivity index (χ0v) is 16.8. The molecule has 2 aromatic carbocycles. The average Bonchev–Trinajstić information content (AvgIpc) is 3.09. The molecule has 0 radical (unpaired) electrons. The van der Waals surface area contributed by atoms with Crippen LogP contribution in [-0.2, 0) is 12.8 Å². The van der Waals surface area contributed by atoms with Gasteiger partial charge in [-0.2, -0.15) is 0 Å². The van der Waals surface area contributed by atoms with Crippen molar-refractivity contribution in [2.24, 2.45) is 4.99 Å². The van der Waals surface area contributed by atoms with E-state index in [0.29, 0.717) is 11.5 Å². The van der Waals surface area contributed by atoms with Crippen LogP contribution in [0.15, 0.2) is 59.6 Å². The number of halogens is 1. The van der Waals surface area contributed by atoms with Crippen molar-refractivity contribution in [1.82, 2.24) is 15.3 Å². The van der Waals surface area contributed by atoms with Crippen molar-refractivity contribution in [3.05, 3.63) is 88.5 Å². The maximum atomic E-state index is 13.2. The first-order valence-corrected chi connectivity index (χ1v) is 9.77. The van der Waals surface area contributed by atoms with Crippen LogP contribution in [0.5, 0.6) is 0 Å². The maximum absolute atomic E-state index is 13.2. The number of hydrogen-bond donors (Lipinski definition) is 2. The second-order valence-electron chi connectivity index (χ2n) is 7.37. The molecule has 0 unspecified atom stereocenters. The highest BCUT2D eigenvalue weighted by atomic mass is 19.1. The molecule has 0 spiro atoms. The Labute approximate surface area is 174 Å². The molecule has 7 heteroatoms. The van der Waals surface area contributed by atoms with Crippen LogP contribution in [0.25, 0.3) is 0 Å². The van der Waals surface area contributed by atoms with E-state index in [1.54, 1.807) is 0 Å². The molecule has 2 N–H and O–H groups in total. The van der Waals surface area contributed by atoms with E-state index in [-0.39, 0.29) is 17.9 Å². The minimum Gasteiger partial charge on any atom is -0.294 e. The lowest BCUT2D eigenvalue weighted by Crippen LogP contribution is -2.37. The van der Waals surface area contributed by atoms with Gasteiger partial charge in [0.15, 0.2) is 0 Å². The van der Waals surface area contributed by atoms with Crippen molar-refractivity contribution in [1.29, 1.82) is 0 Å². The van der Waals surface area contributed by atoms with Gasteiger partial charge in [0, 0.05) is 17.0 Å². The summed E-state index contributed by atoms with van der Waals surface area (Å²) >= 11 is 0. The molecule has 1 aliphatic carbocycles. The molecule has 0 aliphatic heterocycles. The average molecular weight is 403 g/mol. The summed E-state index contributed by atoms with van der Waals surface area (Å²) in [7, 11) is 0. The lowest BCUT2D eigenvalue weighted by atomic mass is 10.1. The standard InChI is InChI=1S/C23H22FN5O/c1-14-11-15(2)26-22(25-14)29-23(28-21(30)16-7-9-19(24)10-8-16)27-20-12-17-5-3-4-6-18(17)13-20/h3-11,20H,12-13H2,1-2H3,(H2,25,26,27,28,29,30). The van der Waals surface area contributed by atoms with Gasteiger partial charge in [-0.3, -0.25) is 15.4 Å². The predicted octanol–water partition coefficient (Wildman–Crippen LogP) is 3.60. The maximum Gasteiger partial charge on any atom is 0.257 e. The van der Waals surface area contributed by atoms with E-state index in [4.69, 9.17) is 4.99 Å². The molecule has 1 heterocycles. The van der Waals surface area contributed by atoms with Crippen LogP contribution in [0.3, 0.4) is 0 Å². The van der Waals surface area contributed by atoms with E-state index in [2.05, 4.69) is 32.7 Å². The van der Waals surface area contributed by atoms with Crippen molar-refractivity contribution in [2.75, 3.05) is 5.32 Å². The summed E-state index contributed by atoms with van der Waals surface area (Å²) < 4.78 is 13.2. The molecule has 6 nitrogen and oxygen atoms in total. The fourth-order valence-electron chi connectivity index (χ4n) is 3.57. The van der Waals surface area contributed by atoms with Gasteiger partial charge in [-0.25, -0.2) is 19.4 Å². The monoisotopic (exact) mass is 403 g/mol. The van der Waals surface area contributed by atoms with Gasteiger partial charge in [0.1, 0.15) is 5.82 Å². The number of benzene rings is 2. The third-order valence-corrected chi connectivity index (χ3v) is 4.89. The van der Waals surface area contributed by atoms with Gasteiger partial charge in [0.05, 0.1) is 6.04 Å². The SMILES string of the molecule is Cc1cc(C)nc(NC(=NC2Cc3ccccc3C2)NC(=O)c2ccc(F)cc2)n1. The van der Waals surface area contributed by atoms with Gasteiger partial charge < -0.3 is 0 Å². The van der Waals surface area contributed by atoms with Crippen molar-refractivity contribution in [3.8, 4) is 0 Å². The third-order valence-electron chi connectivity index (χ3n) is 4.89. The molecule has 0 fully saturated rings. The van der Waals surface area contributed by atoms with Gasteiger partial charge in [0.2, 0.25) is 11.9 Å². The number of nitrogens with one attached hydrogen (secondary N) is 2. The number of fused-ring (bicyclic) bond motifs is 1. The van der Waals surface area contributed by atoms with E-state index in [0.717, 1.165) is 24.2 Å². The van der Waals surface area contributed by atoms with Crippen molar-refractivity contribution in [2.45, 2.75) is 32.7 Å². The number of nitrogens with zero attached hydrogens (tertiary/aromatic N) is 3. The Morgan fingerprint density at radius 3 is 2.20 bits per heavy atom. The quantitative estimate of drug-likeness (QED) is 0.517. The first kappa shape index (κ1) is 19.7. The van der Waals surface area contributed by atoms with E-state index in [1.165, 1.54) is 35.4 Å². The smallest absolute Gasteiger partial charge is 0.257 e. The molecule has 3 aromatic rings. The summed E-state index contributed by atoms with van der Waals surface area (Å²) in [5.74, 6) is -0.152. The van der Waals surface area contributed by atoms with Crippen LogP contribution < -0.4 is 10.6 Å². The Balaban J connectivity index is 1.59. The number of carbonyl (C=O) groups is 1. The summed E-state index contributed by atoms with van der Waals surface area (Å²) in [4.78, 5) is 26.2. The van der Waals surface area contributed by atoms with Gasteiger partial charge in [-0.05, 0) is 68.1 Å². The lowest BCUT2D eigenvalue weighted by Gasteiger charge is -2.13. The van der Waals surface area contributed by atoms with Crippen molar-refractivity contribution >= 4 is 17.8 Å². The summed E-state index contributed by atoms with van der Waals surface area (Å²) in [6.07, 6.45) is 1.59. The highest BCUT2D eigenvalue weighted by Gasteiger charge is 2.22. The van der Waals surface area contributed by atoms with Crippen LogP contribution in [0.1, 0.15) is 32.9 Å². The minimum absolute atomic E-state index is 0.00989. The molecule has 0 saturated heterocycles.